The van der Waals surface area contributed by atoms with Gasteiger partial charge in [-0.2, -0.15) is 0 Å². The largest absolute Gasteiger partial charge is 0.256 e. The van der Waals surface area contributed by atoms with Gasteiger partial charge in [0.05, 0.1) is 11.4 Å². The first-order valence-electron chi connectivity index (χ1n) is 13.2. The molecule has 0 amide bonds. The average molecular weight is 487 g/mol. The summed E-state index contributed by atoms with van der Waals surface area (Å²) in [6, 6.07) is 23.0. The number of halogens is 1. The van der Waals surface area contributed by atoms with Crippen molar-refractivity contribution in [3.8, 4) is 0 Å². The van der Waals surface area contributed by atoms with E-state index >= 15 is 0 Å². The van der Waals surface area contributed by atoms with E-state index in [1.807, 2.05) is 30.6 Å². The van der Waals surface area contributed by atoms with E-state index in [-0.39, 0.29) is 0 Å². The van der Waals surface area contributed by atoms with Crippen LogP contribution in [0.4, 0.5) is 11.4 Å². The van der Waals surface area contributed by atoms with Crippen molar-refractivity contribution in [1.29, 1.82) is 0 Å². The van der Waals surface area contributed by atoms with Gasteiger partial charge in [0.2, 0.25) is 0 Å². The van der Waals surface area contributed by atoms with E-state index in [9.17, 15) is 0 Å². The van der Waals surface area contributed by atoms with Crippen molar-refractivity contribution in [3.05, 3.63) is 94.0 Å². The van der Waals surface area contributed by atoms with E-state index < -0.39 is 0 Å². The van der Waals surface area contributed by atoms with Gasteiger partial charge in [0, 0.05) is 23.0 Å². The first-order valence-corrected chi connectivity index (χ1v) is 13.6. The zero-order valence-corrected chi connectivity index (χ0v) is 22.1. The number of unbranched alkanes of at least 4 members (excludes halogenated alkanes) is 6. The highest BCUT2D eigenvalue weighted by Crippen LogP contribution is 2.20. The minimum Gasteiger partial charge on any atom is -0.256 e. The molecule has 0 aliphatic carbocycles. The van der Waals surface area contributed by atoms with Crippen LogP contribution in [0.3, 0.4) is 0 Å². The predicted octanol–water partition coefficient (Wildman–Crippen LogP) is 10.1. The lowest BCUT2D eigenvalue weighted by Crippen LogP contribution is -1.88. The fourth-order valence-corrected chi connectivity index (χ4v) is 4.27. The molecule has 0 saturated carbocycles. The Bertz CT molecular complexity index is 1070. The standard InChI is InChI=1S/C32H39ClN2/c1-3-5-7-9-11-26-14-19-30(20-15-26)34-24-28-13-18-29(32(33)23-28)25-35-31-21-16-27(17-22-31)12-10-8-6-4-2/h13-25H,3-12H2,1-2H3. The van der Waals surface area contributed by atoms with Gasteiger partial charge >= 0.3 is 0 Å². The van der Waals surface area contributed by atoms with Gasteiger partial charge in [0.15, 0.2) is 0 Å². The van der Waals surface area contributed by atoms with Crippen LogP contribution in [-0.2, 0) is 12.8 Å². The summed E-state index contributed by atoms with van der Waals surface area (Å²) in [6.07, 6.45) is 16.3. The number of benzene rings is 3. The van der Waals surface area contributed by atoms with Crippen molar-refractivity contribution in [2.75, 3.05) is 0 Å². The first kappa shape index (κ1) is 26.9. The molecule has 0 spiro atoms. The molecule has 0 atom stereocenters. The summed E-state index contributed by atoms with van der Waals surface area (Å²) in [6.45, 7) is 4.49. The van der Waals surface area contributed by atoms with E-state index in [2.05, 4.69) is 72.4 Å². The van der Waals surface area contributed by atoms with Gasteiger partial charge in [0.1, 0.15) is 0 Å². The van der Waals surface area contributed by atoms with Crippen LogP contribution in [0.25, 0.3) is 0 Å². The average Bonchev–Trinajstić information content (AvgIpc) is 2.89. The summed E-state index contributed by atoms with van der Waals surface area (Å²) in [5.41, 5.74) is 6.54. The summed E-state index contributed by atoms with van der Waals surface area (Å²) in [7, 11) is 0. The molecule has 0 N–H and O–H groups in total. The lowest BCUT2D eigenvalue weighted by Gasteiger charge is -2.03. The molecule has 184 valence electrons. The fraction of sp³-hybridized carbons (Fsp3) is 0.375. The smallest absolute Gasteiger partial charge is 0.0630 e. The second-order valence-corrected chi connectivity index (χ2v) is 9.66. The van der Waals surface area contributed by atoms with Crippen LogP contribution in [0.5, 0.6) is 0 Å². The van der Waals surface area contributed by atoms with Gasteiger partial charge < -0.3 is 0 Å². The number of hydrogen-bond donors (Lipinski definition) is 0. The summed E-state index contributed by atoms with van der Waals surface area (Å²) < 4.78 is 0. The van der Waals surface area contributed by atoms with Crippen LogP contribution in [-0.4, -0.2) is 12.4 Å². The topological polar surface area (TPSA) is 24.7 Å². The molecular formula is C32H39ClN2. The van der Waals surface area contributed by atoms with Crippen LogP contribution in [0.2, 0.25) is 5.02 Å². The molecule has 0 radical (unpaired) electrons. The highest BCUT2D eigenvalue weighted by Gasteiger charge is 2.00. The van der Waals surface area contributed by atoms with Gasteiger partial charge in [-0.3, -0.25) is 9.98 Å². The molecule has 0 fully saturated rings. The minimum absolute atomic E-state index is 0.674. The van der Waals surface area contributed by atoms with Crippen LogP contribution < -0.4 is 0 Å². The molecule has 35 heavy (non-hydrogen) atoms. The van der Waals surface area contributed by atoms with E-state index in [1.165, 1.54) is 62.5 Å². The third-order valence-corrected chi connectivity index (χ3v) is 6.58. The van der Waals surface area contributed by atoms with Crippen molar-refractivity contribution in [3.63, 3.8) is 0 Å². The third kappa shape index (κ3) is 9.82. The van der Waals surface area contributed by atoms with Gasteiger partial charge in [-0.1, -0.05) is 100 Å². The van der Waals surface area contributed by atoms with Crippen LogP contribution in [0.1, 0.15) is 87.5 Å². The second-order valence-electron chi connectivity index (χ2n) is 9.25. The molecule has 3 heteroatoms. The molecule has 3 aromatic carbocycles. The Morgan fingerprint density at radius 2 is 1.11 bits per heavy atom. The monoisotopic (exact) mass is 486 g/mol. The zero-order valence-electron chi connectivity index (χ0n) is 21.3. The number of aryl methyl sites for hydroxylation is 2. The molecule has 0 aliphatic heterocycles. The quantitative estimate of drug-likeness (QED) is 0.160. The Morgan fingerprint density at radius 1 is 0.600 bits per heavy atom. The maximum atomic E-state index is 6.52. The summed E-state index contributed by atoms with van der Waals surface area (Å²) in [5.74, 6) is 0. The molecule has 2 nitrogen and oxygen atoms in total. The number of rotatable bonds is 14. The first-order chi connectivity index (χ1) is 17.2. The Balaban J connectivity index is 1.52. The third-order valence-electron chi connectivity index (χ3n) is 6.25. The molecule has 0 heterocycles. The highest BCUT2D eigenvalue weighted by atomic mass is 35.5. The Labute approximate surface area is 217 Å². The Kier molecular flexibility index (Phi) is 11.8. The number of nitrogens with zero attached hydrogens (tertiary/aromatic N) is 2. The maximum Gasteiger partial charge on any atom is 0.0630 e. The fourth-order valence-electron chi connectivity index (χ4n) is 4.03. The summed E-state index contributed by atoms with van der Waals surface area (Å²) >= 11 is 6.52. The highest BCUT2D eigenvalue weighted by molar-refractivity contribution is 6.33. The van der Waals surface area contributed by atoms with Crippen molar-refractivity contribution in [1.82, 2.24) is 0 Å². The summed E-state index contributed by atoms with van der Waals surface area (Å²) in [4.78, 5) is 9.22. The zero-order chi connectivity index (χ0) is 24.7. The lowest BCUT2D eigenvalue weighted by atomic mass is 10.1. The van der Waals surface area contributed by atoms with E-state index in [0.717, 1.165) is 35.3 Å². The van der Waals surface area contributed by atoms with E-state index in [1.54, 1.807) is 0 Å². The maximum absolute atomic E-state index is 6.52. The second kappa shape index (κ2) is 15.3. The molecule has 0 bridgehead atoms. The molecule has 0 aliphatic rings. The van der Waals surface area contributed by atoms with Gasteiger partial charge in [-0.25, -0.2) is 0 Å². The van der Waals surface area contributed by atoms with Gasteiger partial charge in [-0.05, 0) is 72.7 Å². The van der Waals surface area contributed by atoms with E-state index in [0.29, 0.717) is 5.02 Å². The van der Waals surface area contributed by atoms with Crippen molar-refractivity contribution < 1.29 is 0 Å². The molecule has 3 aromatic rings. The lowest BCUT2D eigenvalue weighted by molar-refractivity contribution is 0.667. The van der Waals surface area contributed by atoms with Gasteiger partial charge in [0.25, 0.3) is 0 Å². The van der Waals surface area contributed by atoms with E-state index in [4.69, 9.17) is 11.6 Å². The predicted molar refractivity (Wildman–Crippen MR) is 155 cm³/mol. The molecule has 0 aromatic heterocycles. The van der Waals surface area contributed by atoms with Crippen LogP contribution >= 0.6 is 11.6 Å². The molecule has 0 unspecified atom stereocenters. The van der Waals surface area contributed by atoms with Crippen molar-refractivity contribution in [2.45, 2.75) is 78.1 Å². The van der Waals surface area contributed by atoms with Crippen molar-refractivity contribution in [2.24, 2.45) is 9.98 Å². The number of aliphatic imine (C=N–C) groups is 2. The van der Waals surface area contributed by atoms with Crippen molar-refractivity contribution >= 4 is 35.4 Å². The number of hydrogen-bond acceptors (Lipinski definition) is 2. The Morgan fingerprint density at radius 3 is 1.60 bits per heavy atom. The van der Waals surface area contributed by atoms with Crippen LogP contribution in [0.15, 0.2) is 76.7 Å². The SMILES string of the molecule is CCCCCCc1ccc(N=Cc2ccc(C=Nc3ccc(CCCCCC)cc3)c(Cl)c2)cc1. The minimum atomic E-state index is 0.674. The Hall–Kier alpha value is -2.71. The molecule has 0 saturated heterocycles. The van der Waals surface area contributed by atoms with Crippen LogP contribution in [0, 0.1) is 0 Å². The van der Waals surface area contributed by atoms with Gasteiger partial charge in [-0.15, -0.1) is 0 Å². The summed E-state index contributed by atoms with van der Waals surface area (Å²) in [5, 5.41) is 0.674. The molecule has 3 rings (SSSR count). The molecular weight excluding hydrogens is 448 g/mol. The normalized spacial score (nSPS) is 11.6.